The first-order valence-electron chi connectivity index (χ1n) is 7.39. The minimum atomic E-state index is -0.547. The Bertz CT molecular complexity index is 548. The van der Waals surface area contributed by atoms with E-state index in [1.807, 2.05) is 20.0 Å². The molecule has 2 aliphatic rings. The van der Waals surface area contributed by atoms with Crippen molar-refractivity contribution in [3.63, 3.8) is 0 Å². The Balaban J connectivity index is 2.23. The molecule has 0 bridgehead atoms. The summed E-state index contributed by atoms with van der Waals surface area (Å²) >= 11 is 0. The maximum atomic E-state index is 12.7. The fourth-order valence-corrected chi connectivity index (χ4v) is 3.20. The lowest BCUT2D eigenvalue weighted by molar-refractivity contribution is -0.144. The van der Waals surface area contributed by atoms with Crippen LogP contribution in [0.25, 0.3) is 0 Å². The van der Waals surface area contributed by atoms with Crippen LogP contribution in [0.1, 0.15) is 50.7 Å². The first-order valence-corrected chi connectivity index (χ1v) is 7.39. The number of nitrogens with zero attached hydrogens (tertiary/aromatic N) is 2. The average molecular weight is 275 g/mol. The summed E-state index contributed by atoms with van der Waals surface area (Å²) in [5.41, 5.74) is 1.73. The summed E-state index contributed by atoms with van der Waals surface area (Å²) in [6, 6.07) is 0. The van der Waals surface area contributed by atoms with Gasteiger partial charge in [0.05, 0.1) is 35.7 Å². The Morgan fingerprint density at radius 1 is 1.25 bits per heavy atom. The minimum absolute atomic E-state index is 0.0702. The summed E-state index contributed by atoms with van der Waals surface area (Å²) in [5, 5.41) is 3.15. The third-order valence-electron chi connectivity index (χ3n) is 4.78. The standard InChI is InChI=1S/C15H21N3O2/c1-4-10-7-16-12-11(17-10)14(5-2,6-3)13(19)18-15(12)8-20-9-15/h7H,4-6,8-9H2,1-3H3,(H,18,19). The molecule has 3 heterocycles. The molecule has 3 rings (SSSR count). The van der Waals surface area contributed by atoms with Gasteiger partial charge in [-0.25, -0.2) is 0 Å². The van der Waals surface area contributed by atoms with Gasteiger partial charge in [-0.15, -0.1) is 0 Å². The number of rotatable bonds is 3. The zero-order valence-electron chi connectivity index (χ0n) is 12.3. The van der Waals surface area contributed by atoms with Gasteiger partial charge in [0.2, 0.25) is 5.91 Å². The molecule has 1 aromatic heterocycles. The van der Waals surface area contributed by atoms with Gasteiger partial charge in [-0.05, 0) is 19.3 Å². The van der Waals surface area contributed by atoms with Crippen molar-refractivity contribution in [1.29, 1.82) is 0 Å². The Morgan fingerprint density at radius 2 is 1.95 bits per heavy atom. The van der Waals surface area contributed by atoms with Crippen molar-refractivity contribution in [2.75, 3.05) is 13.2 Å². The van der Waals surface area contributed by atoms with Gasteiger partial charge < -0.3 is 10.1 Å². The average Bonchev–Trinajstić information content (AvgIpc) is 2.44. The fraction of sp³-hybridized carbons (Fsp3) is 0.667. The van der Waals surface area contributed by atoms with Crippen LogP contribution in [-0.4, -0.2) is 29.1 Å². The normalized spacial score (nSPS) is 22.1. The van der Waals surface area contributed by atoms with E-state index >= 15 is 0 Å². The number of amides is 1. The third kappa shape index (κ3) is 1.56. The number of aromatic nitrogens is 2. The minimum Gasteiger partial charge on any atom is -0.376 e. The number of carbonyl (C=O) groups is 1. The predicted octanol–water partition coefficient (Wildman–Crippen LogP) is 1.45. The highest BCUT2D eigenvalue weighted by Gasteiger charge is 2.56. The van der Waals surface area contributed by atoms with Crippen LogP contribution in [0.3, 0.4) is 0 Å². The number of hydrogen-bond donors (Lipinski definition) is 1. The number of nitrogens with one attached hydrogen (secondary N) is 1. The Kier molecular flexibility index (Phi) is 3.05. The Morgan fingerprint density at radius 3 is 2.45 bits per heavy atom. The highest BCUT2D eigenvalue weighted by molar-refractivity contribution is 5.90. The number of ether oxygens (including phenoxy) is 1. The zero-order chi connectivity index (χ0) is 14.4. The molecule has 1 amide bonds. The van der Waals surface area contributed by atoms with Gasteiger partial charge in [0.15, 0.2) is 0 Å². The Hall–Kier alpha value is -1.49. The van der Waals surface area contributed by atoms with E-state index in [0.29, 0.717) is 13.2 Å². The summed E-state index contributed by atoms with van der Waals surface area (Å²) in [6.07, 6.45) is 4.13. The van der Waals surface area contributed by atoms with Crippen LogP contribution < -0.4 is 5.32 Å². The number of fused-ring (bicyclic) bond motifs is 2. The van der Waals surface area contributed by atoms with Gasteiger partial charge in [-0.1, -0.05) is 20.8 Å². The van der Waals surface area contributed by atoms with Crippen LogP contribution in [0.2, 0.25) is 0 Å². The van der Waals surface area contributed by atoms with Gasteiger partial charge in [-0.3, -0.25) is 14.8 Å². The molecule has 0 aliphatic carbocycles. The van der Waals surface area contributed by atoms with Crippen molar-refractivity contribution in [2.24, 2.45) is 0 Å². The van der Waals surface area contributed by atoms with Gasteiger partial charge in [0.1, 0.15) is 5.54 Å². The van der Waals surface area contributed by atoms with Crippen LogP contribution in [0.4, 0.5) is 0 Å². The van der Waals surface area contributed by atoms with E-state index in [1.165, 1.54) is 0 Å². The maximum absolute atomic E-state index is 12.7. The predicted molar refractivity (Wildman–Crippen MR) is 74.3 cm³/mol. The van der Waals surface area contributed by atoms with Crippen LogP contribution in [0.15, 0.2) is 6.20 Å². The molecule has 1 aromatic rings. The lowest BCUT2D eigenvalue weighted by Gasteiger charge is -2.49. The number of carbonyl (C=O) groups excluding carboxylic acids is 1. The number of hydrogen-bond acceptors (Lipinski definition) is 4. The molecule has 1 saturated heterocycles. The molecular formula is C15H21N3O2. The monoisotopic (exact) mass is 275 g/mol. The third-order valence-corrected chi connectivity index (χ3v) is 4.78. The molecule has 1 fully saturated rings. The quantitative estimate of drug-likeness (QED) is 0.907. The molecule has 0 radical (unpaired) electrons. The van der Waals surface area contributed by atoms with E-state index < -0.39 is 11.0 Å². The van der Waals surface area contributed by atoms with Gasteiger partial charge in [0, 0.05) is 6.20 Å². The van der Waals surface area contributed by atoms with E-state index in [1.54, 1.807) is 0 Å². The van der Waals surface area contributed by atoms with Crippen molar-refractivity contribution < 1.29 is 9.53 Å². The molecule has 2 aliphatic heterocycles. The fourth-order valence-electron chi connectivity index (χ4n) is 3.20. The van der Waals surface area contributed by atoms with Gasteiger partial charge in [0.25, 0.3) is 0 Å². The molecule has 5 heteroatoms. The second-order valence-electron chi connectivity index (χ2n) is 5.73. The SMILES string of the molecule is CCc1cnc2c(n1)C(CC)(CC)C(=O)NC21COC1. The van der Waals surface area contributed by atoms with E-state index in [4.69, 9.17) is 9.72 Å². The molecule has 20 heavy (non-hydrogen) atoms. The largest absolute Gasteiger partial charge is 0.376 e. The van der Waals surface area contributed by atoms with Crippen molar-refractivity contribution in [3.05, 3.63) is 23.3 Å². The molecular weight excluding hydrogens is 254 g/mol. The second-order valence-corrected chi connectivity index (χ2v) is 5.73. The highest BCUT2D eigenvalue weighted by Crippen LogP contribution is 2.43. The van der Waals surface area contributed by atoms with Crippen molar-refractivity contribution in [3.8, 4) is 0 Å². The number of aryl methyl sites for hydroxylation is 1. The molecule has 1 N–H and O–H groups in total. The van der Waals surface area contributed by atoms with Gasteiger partial charge in [-0.2, -0.15) is 0 Å². The summed E-state index contributed by atoms with van der Waals surface area (Å²) < 4.78 is 5.33. The van der Waals surface area contributed by atoms with Crippen molar-refractivity contribution >= 4 is 5.91 Å². The lowest BCUT2D eigenvalue weighted by atomic mass is 9.70. The highest BCUT2D eigenvalue weighted by atomic mass is 16.5. The molecule has 0 unspecified atom stereocenters. The van der Waals surface area contributed by atoms with Gasteiger partial charge >= 0.3 is 0 Å². The van der Waals surface area contributed by atoms with Crippen molar-refractivity contribution in [2.45, 2.75) is 51.0 Å². The molecule has 0 aromatic carbocycles. The summed E-state index contributed by atoms with van der Waals surface area (Å²) in [7, 11) is 0. The molecule has 5 nitrogen and oxygen atoms in total. The topological polar surface area (TPSA) is 64.1 Å². The maximum Gasteiger partial charge on any atom is 0.233 e. The Labute approximate surface area is 119 Å². The summed E-state index contributed by atoms with van der Waals surface area (Å²) in [6.45, 7) is 7.14. The summed E-state index contributed by atoms with van der Waals surface area (Å²) in [4.78, 5) is 22.1. The molecule has 1 spiro atoms. The van der Waals surface area contributed by atoms with Crippen LogP contribution in [-0.2, 0) is 26.9 Å². The smallest absolute Gasteiger partial charge is 0.233 e. The first-order chi connectivity index (χ1) is 9.62. The summed E-state index contributed by atoms with van der Waals surface area (Å²) in [5.74, 6) is 0.0702. The van der Waals surface area contributed by atoms with Crippen LogP contribution in [0, 0.1) is 0 Å². The van der Waals surface area contributed by atoms with E-state index in [-0.39, 0.29) is 5.91 Å². The van der Waals surface area contributed by atoms with Crippen molar-refractivity contribution in [1.82, 2.24) is 15.3 Å². The molecule has 0 saturated carbocycles. The zero-order valence-corrected chi connectivity index (χ0v) is 12.3. The second kappa shape index (κ2) is 4.52. The van der Waals surface area contributed by atoms with E-state index in [2.05, 4.69) is 17.2 Å². The van der Waals surface area contributed by atoms with Crippen LogP contribution >= 0.6 is 0 Å². The van der Waals surface area contributed by atoms with E-state index in [0.717, 1.165) is 36.3 Å². The van der Waals surface area contributed by atoms with E-state index in [9.17, 15) is 4.79 Å². The lowest BCUT2D eigenvalue weighted by Crippen LogP contribution is -2.67. The van der Waals surface area contributed by atoms with Crippen LogP contribution in [0.5, 0.6) is 0 Å². The molecule has 108 valence electrons. The first kappa shape index (κ1) is 13.5. The molecule has 0 atom stereocenters.